The molecule has 2 atom stereocenters. The number of aliphatic hydroxyl groups excluding tert-OH is 2. The Balaban J connectivity index is 2.26. The van der Waals surface area contributed by atoms with Crippen LogP contribution in [0, 0.1) is 5.82 Å². The van der Waals surface area contributed by atoms with E-state index in [1.165, 1.54) is 18.3 Å². The van der Waals surface area contributed by atoms with Gasteiger partial charge in [0.25, 0.3) is 0 Å². The van der Waals surface area contributed by atoms with Gasteiger partial charge in [0.15, 0.2) is 0 Å². The average Bonchev–Trinajstić information content (AvgIpc) is 2.76. The summed E-state index contributed by atoms with van der Waals surface area (Å²) in [4.78, 5) is 4.31. The molecule has 1 aromatic heterocycles. The van der Waals surface area contributed by atoms with Crippen molar-refractivity contribution < 1.29 is 27.8 Å². The maximum absolute atomic E-state index is 14.4. The molecule has 2 aromatic carbocycles. The van der Waals surface area contributed by atoms with Gasteiger partial charge in [-0.05, 0) is 41.5 Å². The highest BCUT2D eigenvalue weighted by Crippen LogP contribution is 2.37. The molecule has 0 aliphatic heterocycles. The first-order chi connectivity index (χ1) is 15.1. The summed E-state index contributed by atoms with van der Waals surface area (Å²) in [5, 5.41) is 22.6. The van der Waals surface area contributed by atoms with Crippen molar-refractivity contribution in [2.24, 2.45) is 0 Å². The molecule has 3 N–H and O–H groups in total. The van der Waals surface area contributed by atoms with E-state index in [1.54, 1.807) is 30.3 Å². The number of alkyl halides is 3. The van der Waals surface area contributed by atoms with Crippen LogP contribution in [0.5, 0.6) is 0 Å². The third-order valence-electron chi connectivity index (χ3n) is 5.04. The van der Waals surface area contributed by atoms with E-state index >= 15 is 0 Å². The minimum atomic E-state index is -4.77. The van der Waals surface area contributed by atoms with Crippen molar-refractivity contribution in [2.75, 3.05) is 13.2 Å². The summed E-state index contributed by atoms with van der Waals surface area (Å²) >= 11 is 5.96. The van der Waals surface area contributed by atoms with Crippen molar-refractivity contribution >= 4 is 11.6 Å². The Hall–Kier alpha value is -2.52. The van der Waals surface area contributed by atoms with Gasteiger partial charge < -0.3 is 10.2 Å². The number of aromatic nitrogens is 1. The summed E-state index contributed by atoms with van der Waals surface area (Å²) in [6, 6.07) is 14.2. The molecule has 0 radical (unpaired) electrons. The van der Waals surface area contributed by atoms with Gasteiger partial charge in [-0.25, -0.2) is 4.39 Å². The summed E-state index contributed by atoms with van der Waals surface area (Å²) in [5.74, 6) is -1.06. The Labute approximate surface area is 187 Å². The Morgan fingerprint density at radius 2 is 1.69 bits per heavy atom. The molecule has 3 aromatic rings. The number of benzene rings is 2. The van der Waals surface area contributed by atoms with Crippen LogP contribution in [0.1, 0.15) is 22.4 Å². The number of halogens is 5. The lowest BCUT2D eigenvalue weighted by Gasteiger charge is -2.36. The Bertz CT molecular complexity index is 1030. The smallest absolute Gasteiger partial charge is 0.394 e. The topological polar surface area (TPSA) is 65.4 Å². The zero-order valence-corrected chi connectivity index (χ0v) is 17.5. The lowest BCUT2D eigenvalue weighted by atomic mass is 9.79. The molecule has 0 bridgehead atoms. The highest BCUT2D eigenvalue weighted by molar-refractivity contribution is 6.30. The van der Waals surface area contributed by atoms with Crippen LogP contribution in [0.15, 0.2) is 66.9 Å². The molecule has 0 aliphatic carbocycles. The Morgan fingerprint density at radius 3 is 2.28 bits per heavy atom. The number of pyridine rings is 1. The normalized spacial score (nSPS) is 14.7. The second-order valence-corrected chi connectivity index (χ2v) is 7.81. The van der Waals surface area contributed by atoms with Gasteiger partial charge in [-0.3, -0.25) is 10.3 Å². The van der Waals surface area contributed by atoms with Crippen LogP contribution in [-0.2, 0) is 18.1 Å². The zero-order valence-electron chi connectivity index (χ0n) is 16.8. The van der Waals surface area contributed by atoms with Gasteiger partial charge in [-0.1, -0.05) is 41.9 Å². The number of nitrogens with zero attached hydrogens (tertiary/aromatic N) is 1. The van der Waals surface area contributed by atoms with Crippen molar-refractivity contribution in [3.8, 4) is 0 Å². The van der Waals surface area contributed by atoms with Crippen LogP contribution >= 0.6 is 11.6 Å². The van der Waals surface area contributed by atoms with E-state index in [0.29, 0.717) is 11.1 Å². The monoisotopic (exact) mass is 468 g/mol. The SMILES string of the molecule is OC[C@H](O)CN[C@@](Cc1ccccc1)(c1cc(F)cc(C(F)(F)F)c1)c1ccc(Cl)cn1. The van der Waals surface area contributed by atoms with Crippen LogP contribution in [0.4, 0.5) is 17.6 Å². The fourth-order valence-electron chi connectivity index (χ4n) is 3.48. The average molecular weight is 469 g/mol. The van der Waals surface area contributed by atoms with Gasteiger partial charge in [-0.15, -0.1) is 0 Å². The molecule has 32 heavy (non-hydrogen) atoms. The van der Waals surface area contributed by atoms with Gasteiger partial charge in [0.2, 0.25) is 0 Å². The van der Waals surface area contributed by atoms with E-state index in [9.17, 15) is 27.8 Å². The fraction of sp³-hybridized carbons (Fsp3) is 0.261. The van der Waals surface area contributed by atoms with Gasteiger partial charge in [-0.2, -0.15) is 13.2 Å². The Morgan fingerprint density at radius 1 is 1.00 bits per heavy atom. The van der Waals surface area contributed by atoms with Crippen molar-refractivity contribution in [3.63, 3.8) is 0 Å². The standard InChI is InChI=1S/C23H21ClF4N2O2/c24-18-6-7-21(29-12-18)22(30-13-20(32)14-31,11-15-4-2-1-3-5-15)16-8-17(23(26,27)28)10-19(25)9-16/h1-10,12,20,30-32H,11,13-14H2/t20-,22+/m1/s1. The molecule has 0 aliphatic rings. The van der Waals surface area contributed by atoms with Crippen molar-refractivity contribution in [3.05, 3.63) is 100 Å². The second-order valence-electron chi connectivity index (χ2n) is 7.37. The predicted molar refractivity (Wildman–Crippen MR) is 113 cm³/mol. The molecule has 9 heteroatoms. The summed E-state index contributed by atoms with van der Waals surface area (Å²) in [6.07, 6.45) is -4.55. The summed E-state index contributed by atoms with van der Waals surface area (Å²) in [5.41, 5.74) is -1.65. The summed E-state index contributed by atoms with van der Waals surface area (Å²) in [6.45, 7) is -0.759. The van der Waals surface area contributed by atoms with E-state index in [-0.39, 0.29) is 24.2 Å². The first kappa shape index (κ1) is 24.1. The molecule has 0 amide bonds. The molecule has 0 spiro atoms. The lowest BCUT2D eigenvalue weighted by Crippen LogP contribution is -2.49. The second kappa shape index (κ2) is 9.95. The number of hydrogen-bond donors (Lipinski definition) is 3. The highest BCUT2D eigenvalue weighted by Gasteiger charge is 2.39. The fourth-order valence-corrected chi connectivity index (χ4v) is 3.59. The number of rotatable bonds is 8. The van der Waals surface area contributed by atoms with E-state index in [2.05, 4.69) is 10.3 Å². The molecule has 0 saturated carbocycles. The quantitative estimate of drug-likeness (QED) is 0.431. The van der Waals surface area contributed by atoms with Gasteiger partial charge >= 0.3 is 6.18 Å². The van der Waals surface area contributed by atoms with Crippen molar-refractivity contribution in [1.29, 1.82) is 0 Å². The molecule has 0 fully saturated rings. The number of hydrogen-bond acceptors (Lipinski definition) is 4. The summed E-state index contributed by atoms with van der Waals surface area (Å²) in [7, 11) is 0. The molecule has 170 valence electrons. The van der Waals surface area contributed by atoms with Crippen LogP contribution in [0.3, 0.4) is 0 Å². The first-order valence-corrected chi connectivity index (χ1v) is 10.1. The van der Waals surface area contributed by atoms with Gasteiger partial charge in [0.1, 0.15) is 5.82 Å². The number of aliphatic hydroxyl groups is 2. The molecule has 0 saturated heterocycles. The van der Waals surface area contributed by atoms with Gasteiger partial charge in [0, 0.05) is 19.2 Å². The van der Waals surface area contributed by atoms with Crippen LogP contribution in [0.25, 0.3) is 0 Å². The zero-order chi connectivity index (χ0) is 23.4. The molecular weight excluding hydrogens is 448 g/mol. The molecule has 4 nitrogen and oxygen atoms in total. The van der Waals surface area contributed by atoms with Gasteiger partial charge in [0.05, 0.1) is 34.5 Å². The maximum atomic E-state index is 14.4. The van der Waals surface area contributed by atoms with E-state index in [4.69, 9.17) is 11.6 Å². The van der Waals surface area contributed by atoms with Crippen LogP contribution < -0.4 is 5.32 Å². The largest absolute Gasteiger partial charge is 0.416 e. The van der Waals surface area contributed by atoms with E-state index in [0.717, 1.165) is 17.7 Å². The Kier molecular flexibility index (Phi) is 7.51. The lowest BCUT2D eigenvalue weighted by molar-refractivity contribution is -0.137. The minimum Gasteiger partial charge on any atom is -0.394 e. The van der Waals surface area contributed by atoms with Crippen molar-refractivity contribution in [2.45, 2.75) is 24.2 Å². The minimum absolute atomic E-state index is 0.0337. The third-order valence-corrected chi connectivity index (χ3v) is 5.27. The maximum Gasteiger partial charge on any atom is 0.416 e. The van der Waals surface area contributed by atoms with E-state index in [1.807, 2.05) is 0 Å². The summed E-state index contributed by atoms with van der Waals surface area (Å²) < 4.78 is 54.9. The predicted octanol–water partition coefficient (Wildman–Crippen LogP) is 4.32. The van der Waals surface area contributed by atoms with E-state index < -0.39 is 35.8 Å². The van der Waals surface area contributed by atoms with Crippen LogP contribution in [-0.4, -0.2) is 34.5 Å². The number of nitrogens with one attached hydrogen (secondary N) is 1. The highest BCUT2D eigenvalue weighted by atomic mass is 35.5. The molecule has 1 heterocycles. The first-order valence-electron chi connectivity index (χ1n) is 9.72. The van der Waals surface area contributed by atoms with Crippen molar-refractivity contribution in [1.82, 2.24) is 10.3 Å². The molecule has 3 rings (SSSR count). The molecule has 0 unspecified atom stereocenters. The third kappa shape index (κ3) is 5.63. The molecular formula is C23H21ClF4N2O2. The van der Waals surface area contributed by atoms with Crippen LogP contribution in [0.2, 0.25) is 5.02 Å².